The van der Waals surface area contributed by atoms with Gasteiger partial charge in [0.1, 0.15) is 5.54 Å². The SMILES string of the molecule is CN1CCN(c2nc(Cl)ncc2N)C(C)(C)C1=O. The minimum atomic E-state index is -0.696. The van der Waals surface area contributed by atoms with E-state index in [0.717, 1.165) is 0 Å². The molecule has 98 valence electrons. The van der Waals surface area contributed by atoms with E-state index in [2.05, 4.69) is 9.97 Å². The summed E-state index contributed by atoms with van der Waals surface area (Å²) >= 11 is 5.79. The van der Waals surface area contributed by atoms with Gasteiger partial charge in [0.2, 0.25) is 11.2 Å². The van der Waals surface area contributed by atoms with Gasteiger partial charge in [0.25, 0.3) is 0 Å². The van der Waals surface area contributed by atoms with E-state index in [0.29, 0.717) is 24.6 Å². The van der Waals surface area contributed by atoms with Crippen LogP contribution in [0.15, 0.2) is 6.20 Å². The van der Waals surface area contributed by atoms with Crippen LogP contribution in [0, 0.1) is 0 Å². The average molecular weight is 270 g/mol. The quantitative estimate of drug-likeness (QED) is 0.762. The second kappa shape index (κ2) is 4.28. The van der Waals surface area contributed by atoms with Crippen LogP contribution in [-0.2, 0) is 4.79 Å². The van der Waals surface area contributed by atoms with Crippen LogP contribution in [0.25, 0.3) is 0 Å². The molecule has 1 aliphatic rings. The molecule has 0 atom stereocenters. The first-order valence-electron chi connectivity index (χ1n) is 5.65. The van der Waals surface area contributed by atoms with E-state index in [9.17, 15) is 4.79 Å². The molecule has 0 aliphatic carbocycles. The van der Waals surface area contributed by atoms with Crippen molar-refractivity contribution in [2.75, 3.05) is 30.8 Å². The molecule has 1 fully saturated rings. The molecule has 0 aromatic carbocycles. The molecular weight excluding hydrogens is 254 g/mol. The number of anilines is 2. The predicted molar refractivity (Wildman–Crippen MR) is 70.5 cm³/mol. The summed E-state index contributed by atoms with van der Waals surface area (Å²) in [5.41, 5.74) is 5.60. The third kappa shape index (κ3) is 1.96. The molecule has 0 saturated carbocycles. The molecule has 18 heavy (non-hydrogen) atoms. The van der Waals surface area contributed by atoms with Gasteiger partial charge in [0.05, 0.1) is 11.9 Å². The summed E-state index contributed by atoms with van der Waals surface area (Å²) < 4.78 is 0. The number of carbonyl (C=O) groups excluding carboxylic acids is 1. The molecule has 1 aliphatic heterocycles. The maximum atomic E-state index is 12.2. The smallest absolute Gasteiger partial charge is 0.247 e. The number of hydrogen-bond donors (Lipinski definition) is 1. The Labute approximate surface area is 111 Å². The Hall–Kier alpha value is -1.56. The molecule has 6 nitrogen and oxygen atoms in total. The summed E-state index contributed by atoms with van der Waals surface area (Å²) in [6.45, 7) is 4.98. The average Bonchev–Trinajstić information content (AvgIpc) is 2.30. The second-order valence-corrected chi connectivity index (χ2v) is 5.19. The van der Waals surface area contributed by atoms with Gasteiger partial charge in [-0.05, 0) is 25.4 Å². The van der Waals surface area contributed by atoms with Crippen molar-refractivity contribution < 1.29 is 4.79 Å². The fourth-order valence-corrected chi connectivity index (χ4v) is 2.29. The molecule has 0 spiro atoms. The van der Waals surface area contributed by atoms with Crippen LogP contribution in [0.2, 0.25) is 5.28 Å². The molecule has 2 N–H and O–H groups in total. The van der Waals surface area contributed by atoms with Gasteiger partial charge in [-0.2, -0.15) is 4.98 Å². The Morgan fingerprint density at radius 2 is 2.11 bits per heavy atom. The molecule has 0 radical (unpaired) electrons. The normalized spacial score (nSPS) is 19.2. The summed E-state index contributed by atoms with van der Waals surface area (Å²) in [5.74, 6) is 0.546. The van der Waals surface area contributed by atoms with Gasteiger partial charge >= 0.3 is 0 Å². The lowest BCUT2D eigenvalue weighted by Gasteiger charge is -2.45. The van der Waals surface area contributed by atoms with Crippen molar-refractivity contribution in [3.8, 4) is 0 Å². The Kier molecular flexibility index (Phi) is 3.06. The lowest BCUT2D eigenvalue weighted by molar-refractivity contribution is -0.136. The van der Waals surface area contributed by atoms with Crippen molar-refractivity contribution in [2.24, 2.45) is 0 Å². The fraction of sp³-hybridized carbons (Fsp3) is 0.545. The molecule has 0 bridgehead atoms. The third-order valence-electron chi connectivity index (χ3n) is 3.23. The Balaban J connectivity index is 2.44. The number of nitrogen functional groups attached to an aromatic ring is 1. The molecular formula is C11H16ClN5O. The number of halogens is 1. The molecule has 1 amide bonds. The highest BCUT2D eigenvalue weighted by Crippen LogP contribution is 2.31. The van der Waals surface area contributed by atoms with Gasteiger partial charge in [-0.1, -0.05) is 0 Å². The fourth-order valence-electron chi connectivity index (χ4n) is 2.16. The molecule has 1 aromatic heterocycles. The molecule has 1 aromatic rings. The Morgan fingerprint density at radius 3 is 2.78 bits per heavy atom. The molecule has 0 unspecified atom stereocenters. The zero-order chi connectivity index (χ0) is 13.5. The highest BCUT2D eigenvalue weighted by atomic mass is 35.5. The van der Waals surface area contributed by atoms with Crippen molar-refractivity contribution >= 4 is 29.0 Å². The molecule has 2 rings (SSSR count). The van der Waals surface area contributed by atoms with E-state index < -0.39 is 5.54 Å². The van der Waals surface area contributed by atoms with Crippen LogP contribution in [-0.4, -0.2) is 46.5 Å². The molecule has 2 heterocycles. The number of nitrogens with zero attached hydrogens (tertiary/aromatic N) is 4. The summed E-state index contributed by atoms with van der Waals surface area (Å²) in [6.07, 6.45) is 1.46. The van der Waals surface area contributed by atoms with E-state index in [-0.39, 0.29) is 11.2 Å². The van der Waals surface area contributed by atoms with Gasteiger partial charge < -0.3 is 15.5 Å². The Bertz CT molecular complexity index is 490. The number of piperazine rings is 1. The lowest BCUT2D eigenvalue weighted by Crippen LogP contribution is -2.62. The van der Waals surface area contributed by atoms with Gasteiger partial charge in [0, 0.05) is 20.1 Å². The van der Waals surface area contributed by atoms with Crippen LogP contribution in [0.5, 0.6) is 0 Å². The topological polar surface area (TPSA) is 75.3 Å². The number of likely N-dealkylation sites (N-methyl/N-ethyl adjacent to an activating group) is 1. The Morgan fingerprint density at radius 1 is 1.44 bits per heavy atom. The van der Waals surface area contributed by atoms with E-state index in [4.69, 9.17) is 17.3 Å². The first kappa shape index (κ1) is 12.9. The predicted octanol–water partition coefficient (Wildman–Crippen LogP) is 0.769. The first-order valence-corrected chi connectivity index (χ1v) is 6.03. The monoisotopic (exact) mass is 269 g/mol. The van der Waals surface area contributed by atoms with Gasteiger partial charge in [-0.3, -0.25) is 4.79 Å². The van der Waals surface area contributed by atoms with Crippen molar-refractivity contribution in [1.82, 2.24) is 14.9 Å². The number of rotatable bonds is 1. The zero-order valence-corrected chi connectivity index (χ0v) is 11.4. The van der Waals surface area contributed by atoms with Crippen molar-refractivity contribution in [3.63, 3.8) is 0 Å². The van der Waals surface area contributed by atoms with Crippen molar-refractivity contribution in [3.05, 3.63) is 11.5 Å². The summed E-state index contributed by atoms with van der Waals surface area (Å²) in [4.78, 5) is 23.7. The van der Waals surface area contributed by atoms with Crippen LogP contribution in [0.1, 0.15) is 13.8 Å². The largest absolute Gasteiger partial charge is 0.394 e. The number of amides is 1. The zero-order valence-electron chi connectivity index (χ0n) is 10.6. The van der Waals surface area contributed by atoms with E-state index >= 15 is 0 Å². The van der Waals surface area contributed by atoms with Crippen LogP contribution in [0.3, 0.4) is 0 Å². The molecule has 1 saturated heterocycles. The van der Waals surface area contributed by atoms with Crippen molar-refractivity contribution in [1.29, 1.82) is 0 Å². The highest BCUT2D eigenvalue weighted by molar-refractivity contribution is 6.28. The van der Waals surface area contributed by atoms with Crippen LogP contribution < -0.4 is 10.6 Å². The summed E-state index contributed by atoms with van der Waals surface area (Å²) in [5, 5.41) is 0.126. The summed E-state index contributed by atoms with van der Waals surface area (Å²) in [7, 11) is 1.79. The van der Waals surface area contributed by atoms with Gasteiger partial charge in [-0.25, -0.2) is 4.98 Å². The van der Waals surface area contributed by atoms with E-state index in [1.54, 1.807) is 11.9 Å². The van der Waals surface area contributed by atoms with Crippen LogP contribution >= 0.6 is 11.6 Å². The number of carbonyl (C=O) groups is 1. The third-order valence-corrected chi connectivity index (χ3v) is 3.41. The number of hydrogen-bond acceptors (Lipinski definition) is 5. The maximum Gasteiger partial charge on any atom is 0.247 e. The van der Waals surface area contributed by atoms with E-state index in [1.165, 1.54) is 6.20 Å². The lowest BCUT2D eigenvalue weighted by atomic mass is 9.97. The summed E-state index contributed by atoms with van der Waals surface area (Å²) in [6, 6.07) is 0. The standard InChI is InChI=1S/C11H16ClN5O/c1-11(2)9(18)16(3)4-5-17(11)8-7(13)6-14-10(12)15-8/h6H,4-5,13H2,1-3H3. The maximum absolute atomic E-state index is 12.2. The number of nitrogens with two attached hydrogens (primary N) is 1. The van der Waals surface area contributed by atoms with E-state index in [1.807, 2.05) is 18.7 Å². The minimum Gasteiger partial charge on any atom is -0.394 e. The van der Waals surface area contributed by atoms with Crippen LogP contribution in [0.4, 0.5) is 11.5 Å². The number of aromatic nitrogens is 2. The molecule has 7 heteroatoms. The van der Waals surface area contributed by atoms with Gasteiger partial charge in [0.15, 0.2) is 5.82 Å². The van der Waals surface area contributed by atoms with Gasteiger partial charge in [-0.15, -0.1) is 0 Å². The van der Waals surface area contributed by atoms with Crippen molar-refractivity contribution in [2.45, 2.75) is 19.4 Å². The minimum absolute atomic E-state index is 0.0304. The second-order valence-electron chi connectivity index (χ2n) is 4.86. The highest BCUT2D eigenvalue weighted by Gasteiger charge is 2.41. The first-order chi connectivity index (χ1) is 8.34.